The quantitative estimate of drug-likeness (QED) is 0.439. The molecular weight excluding hydrogens is 436 g/mol. The van der Waals surface area contributed by atoms with Gasteiger partial charge in [-0.05, 0) is 24.3 Å². The minimum Gasteiger partial charge on any atom is -0.391 e. The summed E-state index contributed by atoms with van der Waals surface area (Å²) >= 11 is 1.63. The van der Waals surface area contributed by atoms with Crippen LogP contribution in [0.1, 0.15) is 23.0 Å². The van der Waals surface area contributed by atoms with Crippen LogP contribution >= 0.6 is 11.3 Å². The van der Waals surface area contributed by atoms with Gasteiger partial charge in [-0.1, -0.05) is 6.92 Å². The number of carbonyl (C=O) groups excluding carboxylic acids is 1. The smallest absolute Gasteiger partial charge is 0.185 e. The first-order valence-corrected chi connectivity index (χ1v) is 11.7. The van der Waals surface area contributed by atoms with E-state index in [0.717, 1.165) is 31.9 Å². The second-order valence-corrected chi connectivity index (χ2v) is 9.82. The van der Waals surface area contributed by atoms with Crippen LogP contribution in [0.3, 0.4) is 0 Å². The average Bonchev–Trinajstić information content (AvgIpc) is 3.43. The third kappa shape index (κ3) is 4.27. The fourth-order valence-corrected chi connectivity index (χ4v) is 5.39. The Kier molecular flexibility index (Phi) is 5.69. The first kappa shape index (κ1) is 21.7. The molecule has 33 heavy (non-hydrogen) atoms. The van der Waals surface area contributed by atoms with Gasteiger partial charge in [-0.3, -0.25) is 14.5 Å². The van der Waals surface area contributed by atoms with Crippen molar-refractivity contribution < 1.29 is 9.90 Å². The van der Waals surface area contributed by atoms with Gasteiger partial charge in [-0.15, -0.1) is 11.3 Å². The molecule has 9 heteroatoms. The van der Waals surface area contributed by atoms with E-state index in [2.05, 4.69) is 20.0 Å². The van der Waals surface area contributed by atoms with E-state index in [1.54, 1.807) is 34.5 Å². The van der Waals surface area contributed by atoms with Crippen LogP contribution in [0.15, 0.2) is 49.1 Å². The van der Waals surface area contributed by atoms with E-state index in [0.29, 0.717) is 18.8 Å². The molecule has 0 spiro atoms. The number of aliphatic hydroxyl groups is 1. The van der Waals surface area contributed by atoms with Gasteiger partial charge in [0.25, 0.3) is 0 Å². The molecule has 5 rings (SSSR count). The van der Waals surface area contributed by atoms with Crippen LogP contribution in [0.4, 0.5) is 5.69 Å². The molecule has 4 aromatic rings. The molecule has 1 fully saturated rings. The molecule has 8 nitrogen and oxygen atoms in total. The minimum atomic E-state index is -0.522. The van der Waals surface area contributed by atoms with Gasteiger partial charge in [-0.25, -0.2) is 4.98 Å². The molecule has 1 aliphatic heterocycles. The van der Waals surface area contributed by atoms with Gasteiger partial charge >= 0.3 is 0 Å². The Bertz CT molecular complexity index is 1300. The molecule has 0 bridgehead atoms. The fraction of sp³-hybridized carbons (Fsp3) is 0.333. The lowest BCUT2D eigenvalue weighted by atomic mass is 9.92. The zero-order valence-corrected chi connectivity index (χ0v) is 19.4. The number of fused-ring (bicyclic) bond motifs is 1. The number of hydrogen-bond acceptors (Lipinski definition) is 8. The lowest BCUT2D eigenvalue weighted by molar-refractivity contribution is 0.0784. The Morgan fingerprint density at radius 3 is 2.88 bits per heavy atom. The molecule has 170 valence electrons. The number of thiophene rings is 1. The molecular formula is C24H26N6O2S. The topological polar surface area (TPSA) is 110 Å². The Labute approximate surface area is 195 Å². The number of ketones is 1. The summed E-state index contributed by atoms with van der Waals surface area (Å²) in [5, 5.41) is 14.4. The van der Waals surface area contributed by atoms with E-state index in [-0.39, 0.29) is 24.2 Å². The lowest BCUT2D eigenvalue weighted by Crippen LogP contribution is -2.55. The highest BCUT2D eigenvalue weighted by Gasteiger charge is 2.32. The molecule has 0 amide bonds. The maximum absolute atomic E-state index is 13.2. The maximum atomic E-state index is 13.2. The van der Waals surface area contributed by atoms with Crippen molar-refractivity contribution >= 4 is 33.0 Å². The van der Waals surface area contributed by atoms with Crippen LogP contribution in [-0.4, -0.2) is 55.9 Å². The van der Waals surface area contributed by atoms with Gasteiger partial charge in [0.1, 0.15) is 5.69 Å². The number of aromatic nitrogens is 4. The zero-order chi connectivity index (χ0) is 23.1. The van der Waals surface area contributed by atoms with Crippen LogP contribution in [-0.2, 0) is 13.5 Å². The van der Waals surface area contributed by atoms with E-state index in [1.165, 1.54) is 0 Å². The molecule has 0 aliphatic carbocycles. The number of rotatable bonds is 5. The molecule has 4 aromatic heterocycles. The second kappa shape index (κ2) is 8.66. The number of anilines is 1. The van der Waals surface area contributed by atoms with Gasteiger partial charge in [0.15, 0.2) is 5.78 Å². The highest BCUT2D eigenvalue weighted by molar-refractivity contribution is 7.22. The number of Topliss-reactive ketones (excluding diaryl/α,β-unsaturated/α-hetero) is 1. The molecule has 1 saturated heterocycles. The zero-order valence-electron chi connectivity index (χ0n) is 18.5. The van der Waals surface area contributed by atoms with E-state index in [9.17, 15) is 9.90 Å². The number of aryl methyl sites for hydroxylation is 1. The number of pyridine rings is 2. The summed E-state index contributed by atoms with van der Waals surface area (Å²) in [5.41, 5.74) is 10.2. The normalized spacial score (nSPS) is 21.0. The summed E-state index contributed by atoms with van der Waals surface area (Å²) in [4.78, 5) is 25.3. The predicted octanol–water partition coefficient (Wildman–Crippen LogP) is 2.66. The number of nitrogens with two attached hydrogens (primary N) is 1. The van der Waals surface area contributed by atoms with Crippen molar-refractivity contribution in [2.75, 3.05) is 18.0 Å². The number of aliphatic hydroxyl groups excluding tert-OH is 1. The van der Waals surface area contributed by atoms with Gasteiger partial charge in [0.05, 0.1) is 22.5 Å². The molecule has 3 atom stereocenters. The van der Waals surface area contributed by atoms with E-state index >= 15 is 0 Å². The van der Waals surface area contributed by atoms with Crippen LogP contribution in [0, 0.1) is 5.92 Å². The van der Waals surface area contributed by atoms with E-state index < -0.39 is 6.10 Å². The van der Waals surface area contributed by atoms with Crippen molar-refractivity contribution in [3.05, 3.63) is 60.3 Å². The first-order chi connectivity index (χ1) is 15.9. The number of carbonyl (C=O) groups is 1. The van der Waals surface area contributed by atoms with Gasteiger partial charge in [0, 0.05) is 78.8 Å². The van der Waals surface area contributed by atoms with Crippen molar-refractivity contribution in [3.8, 4) is 10.4 Å². The Morgan fingerprint density at radius 1 is 1.27 bits per heavy atom. The number of hydrogen-bond donors (Lipinski definition) is 2. The summed E-state index contributed by atoms with van der Waals surface area (Å²) in [6.45, 7) is 3.20. The van der Waals surface area contributed by atoms with Crippen LogP contribution in [0.25, 0.3) is 20.7 Å². The summed E-state index contributed by atoms with van der Waals surface area (Å²) < 4.78 is 2.80. The third-order valence-corrected chi connectivity index (χ3v) is 7.32. The van der Waals surface area contributed by atoms with E-state index in [4.69, 9.17) is 5.73 Å². The summed E-state index contributed by atoms with van der Waals surface area (Å²) in [7, 11) is 1.89. The van der Waals surface area contributed by atoms with Crippen LogP contribution in [0.2, 0.25) is 0 Å². The summed E-state index contributed by atoms with van der Waals surface area (Å²) in [6, 6.07) is 7.33. The predicted molar refractivity (Wildman–Crippen MR) is 129 cm³/mol. The Hall–Kier alpha value is -3.14. The summed E-state index contributed by atoms with van der Waals surface area (Å²) in [6.07, 6.45) is 6.92. The van der Waals surface area contributed by atoms with Gasteiger partial charge in [0.2, 0.25) is 0 Å². The maximum Gasteiger partial charge on any atom is 0.185 e. The van der Waals surface area contributed by atoms with Crippen molar-refractivity contribution in [1.82, 2.24) is 19.7 Å². The van der Waals surface area contributed by atoms with Crippen LogP contribution in [0.5, 0.6) is 0 Å². The van der Waals surface area contributed by atoms with Crippen LogP contribution < -0.4 is 10.6 Å². The summed E-state index contributed by atoms with van der Waals surface area (Å²) in [5.74, 6) is -0.0168. The largest absolute Gasteiger partial charge is 0.391 e. The molecule has 0 unspecified atom stereocenters. The first-order valence-electron chi connectivity index (χ1n) is 10.9. The minimum absolute atomic E-state index is 0.0437. The van der Waals surface area contributed by atoms with Crippen molar-refractivity contribution in [2.24, 2.45) is 18.7 Å². The Morgan fingerprint density at radius 2 is 2.12 bits per heavy atom. The third-order valence-electron chi connectivity index (χ3n) is 6.18. The van der Waals surface area contributed by atoms with E-state index in [1.807, 2.05) is 44.6 Å². The molecule has 0 radical (unpaired) electrons. The number of piperidine rings is 1. The van der Waals surface area contributed by atoms with Crippen molar-refractivity contribution in [1.29, 1.82) is 0 Å². The SMILES string of the molecule is C[C@H]1CN(c2ccncc2CC(=O)c2ccc3sc(-c4cnn(C)c4)cc3n2)C[C@@H](N)[C@@H]1O. The fourth-order valence-electron chi connectivity index (χ4n) is 4.41. The van der Waals surface area contributed by atoms with Crippen molar-refractivity contribution in [3.63, 3.8) is 0 Å². The lowest BCUT2D eigenvalue weighted by Gasteiger charge is -2.40. The molecule has 0 aromatic carbocycles. The van der Waals surface area contributed by atoms with Gasteiger partial charge < -0.3 is 15.7 Å². The second-order valence-electron chi connectivity index (χ2n) is 8.73. The monoisotopic (exact) mass is 462 g/mol. The molecule has 1 aliphatic rings. The average molecular weight is 463 g/mol. The van der Waals surface area contributed by atoms with Crippen molar-refractivity contribution in [2.45, 2.75) is 25.5 Å². The number of nitrogens with zero attached hydrogens (tertiary/aromatic N) is 5. The Balaban J connectivity index is 1.39. The van der Waals surface area contributed by atoms with Gasteiger partial charge in [-0.2, -0.15) is 5.10 Å². The standard InChI is InChI=1S/C24H26N6O2S/c1-14-11-30(13-17(25)24(14)32)20-5-6-26-9-15(20)7-21(31)18-3-4-22-19(28-18)8-23(33-22)16-10-27-29(2)12-16/h3-6,8-10,12,14,17,24,32H,7,11,13,25H2,1-2H3/t14-,17+,24+/m0/s1. The highest BCUT2D eigenvalue weighted by atomic mass is 32.1. The molecule has 3 N–H and O–H groups in total. The highest BCUT2D eigenvalue weighted by Crippen LogP contribution is 2.33. The molecule has 5 heterocycles. The molecule has 0 saturated carbocycles.